The van der Waals surface area contributed by atoms with Gasteiger partial charge < -0.3 is 15.5 Å². The molecule has 2 aromatic rings. The van der Waals surface area contributed by atoms with Gasteiger partial charge in [-0.3, -0.25) is 14.6 Å². The van der Waals surface area contributed by atoms with Crippen molar-refractivity contribution in [2.75, 3.05) is 12.4 Å². The molecule has 9 heteroatoms. The summed E-state index contributed by atoms with van der Waals surface area (Å²) >= 11 is 1.56. The third-order valence-corrected chi connectivity index (χ3v) is 5.15. The molecule has 2 heterocycles. The van der Waals surface area contributed by atoms with Gasteiger partial charge in [-0.1, -0.05) is 13.8 Å². The number of hydrogen-bond acceptors (Lipinski definition) is 6. The number of amides is 3. The van der Waals surface area contributed by atoms with Crippen molar-refractivity contribution < 1.29 is 14.4 Å². The summed E-state index contributed by atoms with van der Waals surface area (Å²) in [5.41, 5.74) is 1.37. The minimum atomic E-state index is -0.904. The molecule has 0 bridgehead atoms. The molecule has 0 aliphatic rings. The first kappa shape index (κ1) is 21.5. The van der Waals surface area contributed by atoms with E-state index in [1.165, 1.54) is 11.8 Å². The molecule has 1 atom stereocenters. The number of aromatic nitrogens is 2. The fourth-order valence-electron chi connectivity index (χ4n) is 2.36. The number of Topliss-reactive ketones (excluding diaryl/α,β-unsaturated/α-hetero) is 1. The van der Waals surface area contributed by atoms with Gasteiger partial charge in [-0.25, -0.2) is 9.78 Å². The van der Waals surface area contributed by atoms with E-state index in [1.807, 2.05) is 5.38 Å². The van der Waals surface area contributed by atoms with Crippen molar-refractivity contribution in [2.24, 2.45) is 0 Å². The van der Waals surface area contributed by atoms with Crippen LogP contribution in [0.5, 0.6) is 0 Å². The van der Waals surface area contributed by atoms with Gasteiger partial charge in [0.15, 0.2) is 5.78 Å². The van der Waals surface area contributed by atoms with Crippen LogP contribution < -0.4 is 10.6 Å². The molecule has 0 fully saturated rings. The molecule has 150 valence electrons. The van der Waals surface area contributed by atoms with Gasteiger partial charge in [-0.15, -0.1) is 11.3 Å². The lowest BCUT2D eigenvalue weighted by atomic mass is 10.1. The Morgan fingerprint density at radius 2 is 1.89 bits per heavy atom. The van der Waals surface area contributed by atoms with E-state index >= 15 is 0 Å². The zero-order chi connectivity index (χ0) is 20.7. The van der Waals surface area contributed by atoms with Gasteiger partial charge in [-0.05, 0) is 19.1 Å². The lowest BCUT2D eigenvalue weighted by molar-refractivity contribution is -0.123. The second-order valence-electron chi connectivity index (χ2n) is 6.79. The van der Waals surface area contributed by atoms with Crippen molar-refractivity contribution in [3.63, 3.8) is 0 Å². The summed E-state index contributed by atoms with van der Waals surface area (Å²) in [4.78, 5) is 46.3. The second-order valence-corrected chi connectivity index (χ2v) is 7.68. The third kappa shape index (κ3) is 6.41. The molecule has 28 heavy (non-hydrogen) atoms. The van der Waals surface area contributed by atoms with E-state index < -0.39 is 12.1 Å². The average Bonchev–Trinajstić information content (AvgIpc) is 3.10. The van der Waals surface area contributed by atoms with Gasteiger partial charge in [0.2, 0.25) is 5.91 Å². The van der Waals surface area contributed by atoms with Crippen LogP contribution in [0, 0.1) is 0 Å². The normalized spacial score (nSPS) is 11.8. The first-order valence-corrected chi connectivity index (χ1v) is 9.80. The molecule has 0 radical (unpaired) electrons. The van der Waals surface area contributed by atoms with Crippen molar-refractivity contribution in [1.29, 1.82) is 0 Å². The Morgan fingerprint density at radius 1 is 1.21 bits per heavy atom. The Hall–Kier alpha value is -2.81. The number of carbonyl (C=O) groups excluding carboxylic acids is 3. The molecule has 0 unspecified atom stereocenters. The van der Waals surface area contributed by atoms with Gasteiger partial charge in [-0.2, -0.15) is 0 Å². The molecule has 0 aliphatic carbocycles. The third-order valence-electron chi connectivity index (χ3n) is 3.95. The molecule has 0 aromatic carbocycles. The predicted molar refractivity (Wildman–Crippen MR) is 108 cm³/mol. The lowest BCUT2D eigenvalue weighted by Gasteiger charge is -2.21. The number of rotatable bonds is 8. The Balaban J connectivity index is 1.91. The van der Waals surface area contributed by atoms with Crippen LogP contribution in [-0.4, -0.2) is 45.7 Å². The van der Waals surface area contributed by atoms with E-state index in [0.29, 0.717) is 18.2 Å². The molecule has 8 nitrogen and oxygen atoms in total. The summed E-state index contributed by atoms with van der Waals surface area (Å²) in [6.45, 7) is 5.80. The number of nitrogens with one attached hydrogen (secondary N) is 2. The second kappa shape index (κ2) is 9.93. The molecule has 0 aliphatic heterocycles. The first-order chi connectivity index (χ1) is 13.3. The molecule has 0 saturated carbocycles. The van der Waals surface area contributed by atoms with Crippen LogP contribution >= 0.6 is 11.3 Å². The van der Waals surface area contributed by atoms with Crippen molar-refractivity contribution in [3.05, 3.63) is 40.6 Å². The number of thiazole rings is 1. The van der Waals surface area contributed by atoms with Crippen molar-refractivity contribution in [2.45, 2.75) is 45.7 Å². The van der Waals surface area contributed by atoms with Crippen LogP contribution in [0.3, 0.4) is 0 Å². The van der Waals surface area contributed by atoms with Gasteiger partial charge in [0, 0.05) is 36.4 Å². The van der Waals surface area contributed by atoms with E-state index in [2.05, 4.69) is 34.4 Å². The van der Waals surface area contributed by atoms with Crippen molar-refractivity contribution in [3.8, 4) is 0 Å². The van der Waals surface area contributed by atoms with Crippen molar-refractivity contribution >= 4 is 34.7 Å². The fourth-order valence-corrected chi connectivity index (χ4v) is 3.19. The molecule has 2 rings (SSSR count). The zero-order valence-corrected chi connectivity index (χ0v) is 17.2. The largest absolute Gasteiger partial charge is 0.328 e. The summed E-state index contributed by atoms with van der Waals surface area (Å²) in [7, 11) is 1.62. The molecular formula is C19H25N5O3S. The first-order valence-electron chi connectivity index (χ1n) is 8.92. The smallest absolute Gasteiger partial charge is 0.318 e. The van der Waals surface area contributed by atoms with Gasteiger partial charge in [0.1, 0.15) is 0 Å². The van der Waals surface area contributed by atoms with Crippen LogP contribution in [0.1, 0.15) is 43.8 Å². The van der Waals surface area contributed by atoms with E-state index in [4.69, 9.17) is 0 Å². The summed E-state index contributed by atoms with van der Waals surface area (Å²) < 4.78 is 0. The Bertz CT molecular complexity index is 822. The maximum Gasteiger partial charge on any atom is 0.318 e. The summed E-state index contributed by atoms with van der Waals surface area (Å²) in [6.07, 6.45) is 2.96. The Kier molecular flexibility index (Phi) is 7.62. The van der Waals surface area contributed by atoms with Gasteiger partial charge >= 0.3 is 6.03 Å². The fraction of sp³-hybridized carbons (Fsp3) is 0.421. The van der Waals surface area contributed by atoms with E-state index in [1.54, 1.807) is 42.9 Å². The van der Waals surface area contributed by atoms with E-state index in [9.17, 15) is 14.4 Å². The number of carbonyl (C=O) groups is 3. The highest BCUT2D eigenvalue weighted by Gasteiger charge is 2.23. The topological polar surface area (TPSA) is 104 Å². The van der Waals surface area contributed by atoms with Crippen LogP contribution in [0.25, 0.3) is 0 Å². The number of anilines is 1. The summed E-state index contributed by atoms with van der Waals surface area (Å²) in [5.74, 6) is -0.323. The van der Waals surface area contributed by atoms with E-state index in [-0.39, 0.29) is 18.1 Å². The summed E-state index contributed by atoms with van der Waals surface area (Å²) in [5, 5.41) is 8.23. The molecule has 3 amide bonds. The minimum absolute atomic E-state index is 0.147. The molecule has 0 saturated heterocycles. The highest BCUT2D eigenvalue weighted by Crippen LogP contribution is 2.19. The number of hydrogen-bond donors (Lipinski definition) is 2. The summed E-state index contributed by atoms with van der Waals surface area (Å²) in [6, 6.07) is 1.95. The highest BCUT2D eigenvalue weighted by atomic mass is 32.1. The maximum absolute atomic E-state index is 12.4. The zero-order valence-electron chi connectivity index (χ0n) is 16.4. The molecule has 2 aromatic heterocycles. The molecular weight excluding hydrogens is 378 g/mol. The Morgan fingerprint density at radius 3 is 2.46 bits per heavy atom. The van der Waals surface area contributed by atoms with Gasteiger partial charge in [0.25, 0.3) is 0 Å². The number of nitrogens with zero attached hydrogens (tertiary/aromatic N) is 3. The Labute approximate surface area is 168 Å². The monoisotopic (exact) mass is 403 g/mol. The van der Waals surface area contributed by atoms with Crippen LogP contribution in [0.2, 0.25) is 0 Å². The molecule has 0 spiro atoms. The van der Waals surface area contributed by atoms with E-state index in [0.717, 1.165) is 10.7 Å². The SMILES string of the molecule is CC(=O)[C@H](CC(=O)Nc1ccncc1)NC(=O)N(C)Cc1csc(C(C)C)n1. The quantitative estimate of drug-likeness (QED) is 0.705. The van der Waals surface area contributed by atoms with Crippen LogP contribution in [0.15, 0.2) is 29.9 Å². The standard InChI is InChI=1S/C19H25N5O3S/c1-12(2)18-22-15(11-28-18)10-24(4)19(27)23-16(13(3)25)9-17(26)21-14-5-7-20-8-6-14/h5-8,11-12,16H,9-10H2,1-4H3,(H,23,27)(H,20,21,26)/t16-/m0/s1. The number of pyridine rings is 1. The maximum atomic E-state index is 12.4. The van der Waals surface area contributed by atoms with Crippen LogP contribution in [0.4, 0.5) is 10.5 Å². The minimum Gasteiger partial charge on any atom is -0.328 e. The molecule has 2 N–H and O–H groups in total. The highest BCUT2D eigenvalue weighted by molar-refractivity contribution is 7.09. The number of ketones is 1. The lowest BCUT2D eigenvalue weighted by Crippen LogP contribution is -2.47. The van der Waals surface area contributed by atoms with Crippen molar-refractivity contribution in [1.82, 2.24) is 20.2 Å². The van der Waals surface area contributed by atoms with Gasteiger partial charge in [0.05, 0.1) is 29.7 Å². The average molecular weight is 404 g/mol. The predicted octanol–water partition coefficient (Wildman–Crippen LogP) is 2.79. The number of urea groups is 1. The van der Waals surface area contributed by atoms with Crippen LogP contribution in [-0.2, 0) is 16.1 Å².